The quantitative estimate of drug-likeness (QED) is 0.560. The average molecular weight is 270 g/mol. The number of fused-ring (bicyclic) bond motifs is 1. The van der Waals surface area contributed by atoms with E-state index >= 15 is 0 Å². The van der Waals surface area contributed by atoms with Gasteiger partial charge in [0.05, 0.1) is 19.8 Å². The third kappa shape index (κ3) is 3.61. The highest BCUT2D eigenvalue weighted by Gasteiger charge is 2.24. The monoisotopic (exact) mass is 269 g/mol. The van der Waals surface area contributed by atoms with Crippen molar-refractivity contribution in [1.29, 1.82) is 0 Å². The zero-order valence-corrected chi connectivity index (χ0v) is 11.5. The van der Waals surface area contributed by atoms with E-state index in [2.05, 4.69) is 24.1 Å². The molecule has 4 heteroatoms. The molecule has 0 saturated heterocycles. The van der Waals surface area contributed by atoms with Gasteiger partial charge in [0, 0.05) is 30.5 Å². The van der Waals surface area contributed by atoms with Crippen LogP contribution in [-0.4, -0.2) is 50.7 Å². The van der Waals surface area contributed by atoms with Crippen LogP contribution in [0.2, 0.25) is 0 Å². The van der Waals surface area contributed by atoms with Crippen molar-refractivity contribution in [3.8, 4) is 5.75 Å². The van der Waals surface area contributed by atoms with Crippen molar-refractivity contribution in [3.63, 3.8) is 0 Å². The van der Waals surface area contributed by atoms with Crippen LogP contribution in [0.5, 0.6) is 5.75 Å². The summed E-state index contributed by atoms with van der Waals surface area (Å²) in [7, 11) is 2.12. The molecule has 0 aromatic heterocycles. The SMILES string of the molecule is CN(CCOCCCl)CC1COc2ccccc21. The van der Waals surface area contributed by atoms with Crippen LogP contribution >= 0.6 is 11.6 Å². The number of nitrogens with zero attached hydrogens (tertiary/aromatic N) is 1. The molecule has 1 aliphatic heterocycles. The summed E-state index contributed by atoms with van der Waals surface area (Å²) in [5.74, 6) is 2.07. The minimum Gasteiger partial charge on any atom is -0.493 e. The van der Waals surface area contributed by atoms with Gasteiger partial charge in [-0.1, -0.05) is 18.2 Å². The Balaban J connectivity index is 1.77. The molecule has 0 amide bonds. The van der Waals surface area contributed by atoms with E-state index in [0.29, 0.717) is 18.4 Å². The second kappa shape index (κ2) is 6.98. The Hall–Kier alpha value is -0.770. The first-order chi connectivity index (χ1) is 8.81. The van der Waals surface area contributed by atoms with Gasteiger partial charge in [0.25, 0.3) is 0 Å². The molecule has 18 heavy (non-hydrogen) atoms. The van der Waals surface area contributed by atoms with Gasteiger partial charge in [-0.15, -0.1) is 11.6 Å². The molecule has 0 N–H and O–H groups in total. The molecule has 0 spiro atoms. The number of alkyl halides is 1. The van der Waals surface area contributed by atoms with Gasteiger partial charge >= 0.3 is 0 Å². The predicted octanol–water partition coefficient (Wildman–Crippen LogP) is 2.35. The van der Waals surface area contributed by atoms with Crippen LogP contribution in [0.1, 0.15) is 11.5 Å². The summed E-state index contributed by atoms with van der Waals surface area (Å²) >= 11 is 5.56. The van der Waals surface area contributed by atoms with Crippen LogP contribution in [0.4, 0.5) is 0 Å². The van der Waals surface area contributed by atoms with Crippen LogP contribution in [0.15, 0.2) is 24.3 Å². The molecule has 1 unspecified atom stereocenters. The van der Waals surface area contributed by atoms with Crippen molar-refractivity contribution in [2.45, 2.75) is 5.92 Å². The highest BCUT2D eigenvalue weighted by Crippen LogP contribution is 2.33. The maximum Gasteiger partial charge on any atom is 0.122 e. The van der Waals surface area contributed by atoms with Crippen molar-refractivity contribution in [1.82, 2.24) is 4.90 Å². The number of hydrogen-bond acceptors (Lipinski definition) is 3. The first-order valence-corrected chi connectivity index (χ1v) is 6.88. The molecular weight excluding hydrogens is 250 g/mol. The van der Waals surface area contributed by atoms with Gasteiger partial charge in [0.15, 0.2) is 0 Å². The average Bonchev–Trinajstić information content (AvgIpc) is 2.78. The molecule has 1 atom stereocenters. The van der Waals surface area contributed by atoms with E-state index in [1.54, 1.807) is 0 Å². The lowest BCUT2D eigenvalue weighted by Gasteiger charge is -2.20. The van der Waals surface area contributed by atoms with Gasteiger partial charge in [-0.25, -0.2) is 0 Å². The van der Waals surface area contributed by atoms with Crippen LogP contribution in [0.25, 0.3) is 0 Å². The van der Waals surface area contributed by atoms with Crippen molar-refractivity contribution in [2.24, 2.45) is 0 Å². The first kappa shape index (κ1) is 13.7. The lowest BCUT2D eigenvalue weighted by molar-refractivity contribution is 0.120. The molecule has 3 nitrogen and oxygen atoms in total. The standard InChI is InChI=1S/C14H20ClNO2/c1-16(7-9-17-8-6-15)10-12-11-18-14-5-3-2-4-13(12)14/h2-5,12H,6-11H2,1H3. The Bertz CT molecular complexity index is 373. The Kier molecular flexibility index (Phi) is 5.29. The first-order valence-electron chi connectivity index (χ1n) is 6.35. The van der Waals surface area contributed by atoms with Crippen molar-refractivity contribution in [2.75, 3.05) is 45.8 Å². The zero-order valence-electron chi connectivity index (χ0n) is 10.8. The third-order valence-corrected chi connectivity index (χ3v) is 3.32. The highest BCUT2D eigenvalue weighted by molar-refractivity contribution is 6.17. The van der Waals surface area contributed by atoms with Gasteiger partial charge < -0.3 is 14.4 Å². The molecule has 0 aliphatic carbocycles. The summed E-state index contributed by atoms with van der Waals surface area (Å²) in [5, 5.41) is 0. The Morgan fingerprint density at radius 2 is 2.22 bits per heavy atom. The Morgan fingerprint density at radius 3 is 3.06 bits per heavy atom. The fourth-order valence-corrected chi connectivity index (χ4v) is 2.33. The van der Waals surface area contributed by atoms with Crippen molar-refractivity contribution in [3.05, 3.63) is 29.8 Å². The molecule has 1 aromatic carbocycles. The van der Waals surface area contributed by atoms with Gasteiger partial charge in [-0.2, -0.15) is 0 Å². The van der Waals surface area contributed by atoms with Crippen molar-refractivity contribution >= 4 is 11.6 Å². The topological polar surface area (TPSA) is 21.7 Å². The lowest BCUT2D eigenvalue weighted by Crippen LogP contribution is -2.29. The molecule has 100 valence electrons. The zero-order chi connectivity index (χ0) is 12.8. The highest BCUT2D eigenvalue weighted by atomic mass is 35.5. The van der Waals surface area contributed by atoms with Crippen LogP contribution in [0, 0.1) is 0 Å². The lowest BCUT2D eigenvalue weighted by atomic mass is 10.0. The van der Waals surface area contributed by atoms with E-state index in [1.165, 1.54) is 5.56 Å². The second-order valence-corrected chi connectivity index (χ2v) is 4.99. The number of benzene rings is 1. The number of para-hydroxylation sites is 1. The third-order valence-electron chi connectivity index (χ3n) is 3.17. The fourth-order valence-electron chi connectivity index (χ4n) is 2.22. The van der Waals surface area contributed by atoms with E-state index in [1.807, 2.05) is 12.1 Å². The fraction of sp³-hybridized carbons (Fsp3) is 0.571. The molecule has 1 heterocycles. The van der Waals surface area contributed by atoms with E-state index in [9.17, 15) is 0 Å². The summed E-state index contributed by atoms with van der Waals surface area (Å²) < 4.78 is 11.1. The number of likely N-dealkylation sites (N-methyl/N-ethyl adjacent to an activating group) is 1. The summed E-state index contributed by atoms with van der Waals surface area (Å²) in [6.45, 7) is 4.08. The summed E-state index contributed by atoms with van der Waals surface area (Å²) in [6.07, 6.45) is 0. The predicted molar refractivity (Wildman–Crippen MR) is 73.7 cm³/mol. The van der Waals surface area contributed by atoms with Gasteiger partial charge in [-0.3, -0.25) is 0 Å². The van der Waals surface area contributed by atoms with E-state index in [0.717, 1.165) is 32.1 Å². The summed E-state index contributed by atoms with van der Waals surface area (Å²) in [6, 6.07) is 8.29. The van der Waals surface area contributed by atoms with Gasteiger partial charge in [-0.05, 0) is 13.1 Å². The van der Waals surface area contributed by atoms with Gasteiger partial charge in [0.1, 0.15) is 5.75 Å². The maximum atomic E-state index is 5.68. The van der Waals surface area contributed by atoms with E-state index in [-0.39, 0.29) is 0 Å². The van der Waals surface area contributed by atoms with Gasteiger partial charge in [0.2, 0.25) is 0 Å². The molecule has 1 aromatic rings. The molecule has 1 aliphatic rings. The number of hydrogen-bond donors (Lipinski definition) is 0. The van der Waals surface area contributed by atoms with Crippen molar-refractivity contribution < 1.29 is 9.47 Å². The Labute approximate surface area is 114 Å². The minimum absolute atomic E-state index is 0.472. The second-order valence-electron chi connectivity index (χ2n) is 4.61. The van der Waals surface area contributed by atoms with Crippen LogP contribution < -0.4 is 4.74 Å². The van der Waals surface area contributed by atoms with Crippen LogP contribution in [-0.2, 0) is 4.74 Å². The number of ether oxygens (including phenoxy) is 2. The molecule has 0 saturated carbocycles. The summed E-state index contributed by atoms with van der Waals surface area (Å²) in [4.78, 5) is 2.28. The molecule has 0 radical (unpaired) electrons. The number of rotatable bonds is 7. The summed E-state index contributed by atoms with van der Waals surface area (Å²) in [5.41, 5.74) is 1.33. The molecule has 2 rings (SSSR count). The minimum atomic E-state index is 0.472. The normalized spacial score (nSPS) is 17.8. The smallest absolute Gasteiger partial charge is 0.122 e. The Morgan fingerprint density at radius 1 is 1.39 bits per heavy atom. The van der Waals surface area contributed by atoms with E-state index in [4.69, 9.17) is 21.1 Å². The maximum absolute atomic E-state index is 5.68. The molecule has 0 bridgehead atoms. The largest absolute Gasteiger partial charge is 0.493 e. The van der Waals surface area contributed by atoms with E-state index < -0.39 is 0 Å². The molecular formula is C14H20ClNO2. The van der Waals surface area contributed by atoms with Crippen LogP contribution in [0.3, 0.4) is 0 Å². The number of halogens is 1. The molecule has 0 fully saturated rings.